The van der Waals surface area contributed by atoms with Gasteiger partial charge in [-0.2, -0.15) is 5.26 Å². The molecule has 1 aromatic rings. The Hall–Kier alpha value is -1.54. The fraction of sp³-hybridized carbons (Fsp3) is 0.455. The number of halogens is 2. The zero-order valence-corrected chi connectivity index (χ0v) is 8.45. The minimum Gasteiger partial charge on any atom is -0.387 e. The van der Waals surface area contributed by atoms with E-state index in [2.05, 4.69) is 4.98 Å². The quantitative estimate of drug-likeness (QED) is 0.796. The van der Waals surface area contributed by atoms with Gasteiger partial charge >= 0.3 is 0 Å². The average molecular weight is 224 g/mol. The summed E-state index contributed by atoms with van der Waals surface area (Å²) < 4.78 is 25.2. The third kappa shape index (κ3) is 1.76. The SMILES string of the molecule is N#Cc1cc2c(nc1C(F)F)C(O)CCC2. The molecule has 0 aliphatic heterocycles. The number of hydrogen-bond acceptors (Lipinski definition) is 3. The summed E-state index contributed by atoms with van der Waals surface area (Å²) in [7, 11) is 0. The maximum absolute atomic E-state index is 12.6. The zero-order chi connectivity index (χ0) is 11.7. The Labute approximate surface area is 91.4 Å². The van der Waals surface area contributed by atoms with Gasteiger partial charge in [0.2, 0.25) is 0 Å². The maximum Gasteiger partial charge on any atom is 0.281 e. The Morgan fingerprint density at radius 1 is 1.56 bits per heavy atom. The van der Waals surface area contributed by atoms with E-state index in [4.69, 9.17) is 5.26 Å². The van der Waals surface area contributed by atoms with Crippen molar-refractivity contribution in [1.82, 2.24) is 4.98 Å². The number of fused-ring (bicyclic) bond motifs is 1. The number of pyridine rings is 1. The summed E-state index contributed by atoms with van der Waals surface area (Å²) >= 11 is 0. The lowest BCUT2D eigenvalue weighted by Crippen LogP contribution is -2.14. The van der Waals surface area contributed by atoms with Gasteiger partial charge < -0.3 is 5.11 Å². The minimum atomic E-state index is -2.78. The van der Waals surface area contributed by atoms with Crippen LogP contribution in [0.2, 0.25) is 0 Å². The topological polar surface area (TPSA) is 56.9 Å². The van der Waals surface area contributed by atoms with E-state index in [1.165, 1.54) is 6.07 Å². The van der Waals surface area contributed by atoms with Crippen LogP contribution in [0.25, 0.3) is 0 Å². The Morgan fingerprint density at radius 2 is 2.31 bits per heavy atom. The highest BCUT2D eigenvalue weighted by atomic mass is 19.3. The summed E-state index contributed by atoms with van der Waals surface area (Å²) in [6.07, 6.45) is -1.57. The molecule has 1 aliphatic carbocycles. The van der Waals surface area contributed by atoms with Gasteiger partial charge in [0.05, 0.1) is 17.4 Å². The van der Waals surface area contributed by atoms with E-state index in [1.54, 1.807) is 6.07 Å². The molecule has 0 fully saturated rings. The molecule has 1 heterocycles. The molecule has 0 bridgehead atoms. The van der Waals surface area contributed by atoms with Gasteiger partial charge in [-0.3, -0.25) is 0 Å². The van der Waals surface area contributed by atoms with Gasteiger partial charge in [0, 0.05) is 0 Å². The van der Waals surface area contributed by atoms with Crippen molar-refractivity contribution < 1.29 is 13.9 Å². The first kappa shape index (κ1) is 11.0. The van der Waals surface area contributed by atoms with Crippen molar-refractivity contribution in [3.63, 3.8) is 0 Å². The van der Waals surface area contributed by atoms with Crippen LogP contribution in [-0.2, 0) is 6.42 Å². The summed E-state index contributed by atoms with van der Waals surface area (Å²) in [5.41, 5.74) is 0.394. The number of rotatable bonds is 1. The van der Waals surface area contributed by atoms with Crippen LogP contribution in [0.15, 0.2) is 6.07 Å². The lowest BCUT2D eigenvalue weighted by atomic mass is 9.92. The molecule has 0 aromatic carbocycles. The second-order valence-corrected chi connectivity index (χ2v) is 3.79. The van der Waals surface area contributed by atoms with Gasteiger partial charge in [-0.15, -0.1) is 0 Å². The van der Waals surface area contributed by atoms with Crippen molar-refractivity contribution in [2.45, 2.75) is 31.8 Å². The van der Waals surface area contributed by atoms with Gasteiger partial charge in [0.1, 0.15) is 11.8 Å². The van der Waals surface area contributed by atoms with Crippen molar-refractivity contribution in [1.29, 1.82) is 5.26 Å². The second-order valence-electron chi connectivity index (χ2n) is 3.79. The standard InChI is InChI=1S/C11H10F2N2O/c12-11(13)10-7(5-14)4-6-2-1-3-8(16)9(6)15-10/h4,8,11,16H,1-3H2. The van der Waals surface area contributed by atoms with Gasteiger partial charge in [-0.1, -0.05) is 0 Å². The van der Waals surface area contributed by atoms with E-state index in [-0.39, 0.29) is 5.56 Å². The molecule has 1 unspecified atom stereocenters. The van der Waals surface area contributed by atoms with Crippen molar-refractivity contribution in [2.75, 3.05) is 0 Å². The first-order chi connectivity index (χ1) is 7.63. The first-order valence-corrected chi connectivity index (χ1v) is 5.03. The predicted molar refractivity (Wildman–Crippen MR) is 51.8 cm³/mol. The molecule has 1 atom stereocenters. The number of aryl methyl sites for hydroxylation is 1. The average Bonchev–Trinajstić information content (AvgIpc) is 2.27. The van der Waals surface area contributed by atoms with E-state index >= 15 is 0 Å². The smallest absolute Gasteiger partial charge is 0.281 e. The Bertz CT molecular complexity index is 454. The lowest BCUT2D eigenvalue weighted by Gasteiger charge is -2.21. The molecule has 0 amide bonds. The van der Waals surface area contributed by atoms with E-state index in [1.807, 2.05) is 0 Å². The van der Waals surface area contributed by atoms with Crippen LogP contribution >= 0.6 is 0 Å². The number of aromatic nitrogens is 1. The molecule has 1 aromatic heterocycles. The van der Waals surface area contributed by atoms with Crippen molar-refractivity contribution >= 4 is 0 Å². The minimum absolute atomic E-state index is 0.0946. The van der Waals surface area contributed by atoms with Crippen molar-refractivity contribution in [3.05, 3.63) is 28.6 Å². The molecule has 0 saturated heterocycles. The molecular weight excluding hydrogens is 214 g/mol. The van der Waals surface area contributed by atoms with Crippen LogP contribution in [0, 0.1) is 11.3 Å². The zero-order valence-electron chi connectivity index (χ0n) is 8.45. The highest BCUT2D eigenvalue weighted by Crippen LogP contribution is 2.31. The number of nitrogens with zero attached hydrogens (tertiary/aromatic N) is 2. The normalized spacial score (nSPS) is 19.3. The molecular formula is C11H10F2N2O. The summed E-state index contributed by atoms with van der Waals surface area (Å²) in [6, 6.07) is 3.14. The van der Waals surface area contributed by atoms with Crippen LogP contribution in [0.5, 0.6) is 0 Å². The highest BCUT2D eigenvalue weighted by Gasteiger charge is 2.24. The number of hydrogen-bond donors (Lipinski definition) is 1. The van der Waals surface area contributed by atoms with E-state index in [0.29, 0.717) is 24.1 Å². The number of nitriles is 1. The molecule has 16 heavy (non-hydrogen) atoms. The monoisotopic (exact) mass is 224 g/mol. The fourth-order valence-corrected chi connectivity index (χ4v) is 1.95. The van der Waals surface area contributed by atoms with Gasteiger partial charge in [-0.05, 0) is 30.9 Å². The first-order valence-electron chi connectivity index (χ1n) is 5.03. The summed E-state index contributed by atoms with van der Waals surface area (Å²) in [4.78, 5) is 3.74. The van der Waals surface area contributed by atoms with E-state index in [9.17, 15) is 13.9 Å². The molecule has 3 nitrogen and oxygen atoms in total. The van der Waals surface area contributed by atoms with Crippen LogP contribution in [0.3, 0.4) is 0 Å². The highest BCUT2D eigenvalue weighted by molar-refractivity contribution is 5.40. The Kier molecular flexibility index (Phi) is 2.84. The largest absolute Gasteiger partial charge is 0.387 e. The maximum atomic E-state index is 12.6. The van der Waals surface area contributed by atoms with E-state index in [0.717, 1.165) is 6.42 Å². The molecule has 0 spiro atoms. The second kappa shape index (κ2) is 4.14. The third-order valence-electron chi connectivity index (χ3n) is 2.73. The lowest BCUT2D eigenvalue weighted by molar-refractivity contribution is 0.135. The Balaban J connectivity index is 2.57. The van der Waals surface area contributed by atoms with Crippen LogP contribution < -0.4 is 0 Å². The van der Waals surface area contributed by atoms with Crippen molar-refractivity contribution in [2.24, 2.45) is 0 Å². The number of alkyl halides is 2. The van der Waals surface area contributed by atoms with E-state index < -0.39 is 18.2 Å². The fourth-order valence-electron chi connectivity index (χ4n) is 1.95. The molecule has 5 heteroatoms. The summed E-state index contributed by atoms with van der Waals surface area (Å²) in [5, 5.41) is 18.4. The summed E-state index contributed by atoms with van der Waals surface area (Å²) in [6.45, 7) is 0. The predicted octanol–water partition coefficient (Wildman–Crippen LogP) is 2.26. The van der Waals surface area contributed by atoms with Crippen LogP contribution in [-0.4, -0.2) is 10.1 Å². The molecule has 1 N–H and O–H groups in total. The van der Waals surface area contributed by atoms with Crippen LogP contribution in [0.1, 0.15) is 47.9 Å². The van der Waals surface area contributed by atoms with Gasteiger partial charge in [0.15, 0.2) is 0 Å². The molecule has 0 saturated carbocycles. The van der Waals surface area contributed by atoms with Gasteiger partial charge in [0.25, 0.3) is 6.43 Å². The number of aliphatic hydroxyl groups excluding tert-OH is 1. The molecule has 0 radical (unpaired) electrons. The van der Waals surface area contributed by atoms with Crippen molar-refractivity contribution in [3.8, 4) is 6.07 Å². The van der Waals surface area contributed by atoms with Crippen LogP contribution in [0.4, 0.5) is 8.78 Å². The number of aliphatic hydroxyl groups is 1. The molecule has 2 rings (SSSR count). The Morgan fingerprint density at radius 3 is 2.94 bits per heavy atom. The third-order valence-corrected chi connectivity index (χ3v) is 2.73. The summed E-state index contributed by atoms with van der Waals surface area (Å²) in [5.74, 6) is 0. The molecule has 84 valence electrons. The van der Waals surface area contributed by atoms with Gasteiger partial charge in [-0.25, -0.2) is 13.8 Å². The molecule has 1 aliphatic rings.